The van der Waals surface area contributed by atoms with Gasteiger partial charge in [-0.05, 0) is 79.1 Å². The fraction of sp³-hybridized carbons (Fsp3) is 0.344. The number of carboxylic acid groups (broad SMARTS) is 1. The van der Waals surface area contributed by atoms with Crippen LogP contribution in [0.15, 0.2) is 78.9 Å². The zero-order valence-electron chi connectivity index (χ0n) is 22.8. The molecule has 4 rings (SSSR count). The topological polar surface area (TPSA) is 108 Å². The molecule has 8 heteroatoms. The molecule has 1 aliphatic carbocycles. The predicted molar refractivity (Wildman–Crippen MR) is 154 cm³/mol. The van der Waals surface area contributed by atoms with Gasteiger partial charge in [0.2, 0.25) is 0 Å². The second-order valence-corrected chi connectivity index (χ2v) is 10.4. The lowest BCUT2D eigenvalue weighted by atomic mass is 9.86. The molecule has 3 amide bonds. The number of ether oxygens (including phenoxy) is 1. The van der Waals surface area contributed by atoms with Crippen LogP contribution in [0.4, 0.5) is 10.5 Å². The number of amides is 3. The van der Waals surface area contributed by atoms with Gasteiger partial charge in [0.25, 0.3) is 5.91 Å². The van der Waals surface area contributed by atoms with E-state index in [-0.39, 0.29) is 30.9 Å². The zero-order valence-corrected chi connectivity index (χ0v) is 22.8. The van der Waals surface area contributed by atoms with Crippen LogP contribution in [-0.4, -0.2) is 40.5 Å². The van der Waals surface area contributed by atoms with Crippen molar-refractivity contribution in [3.8, 4) is 5.75 Å². The van der Waals surface area contributed by atoms with Gasteiger partial charge in [0, 0.05) is 30.4 Å². The third-order valence-electron chi connectivity index (χ3n) is 7.23. The Bertz CT molecular complexity index is 1250. The van der Waals surface area contributed by atoms with E-state index in [4.69, 9.17) is 9.84 Å². The van der Waals surface area contributed by atoms with Crippen molar-refractivity contribution >= 4 is 23.6 Å². The quantitative estimate of drug-likeness (QED) is 0.272. The molecule has 3 N–H and O–H groups in total. The van der Waals surface area contributed by atoms with Crippen molar-refractivity contribution in [2.45, 2.75) is 58.2 Å². The highest BCUT2D eigenvalue weighted by Crippen LogP contribution is 2.29. The van der Waals surface area contributed by atoms with Crippen molar-refractivity contribution in [2.24, 2.45) is 5.92 Å². The normalized spacial score (nSPS) is 16.5. The minimum atomic E-state index is -0.960. The number of hydrogen-bond acceptors (Lipinski definition) is 4. The number of aliphatic carboxylic acids is 1. The second kappa shape index (κ2) is 14.2. The van der Waals surface area contributed by atoms with Gasteiger partial charge < -0.3 is 25.4 Å². The molecular weight excluding hydrogens is 506 g/mol. The molecule has 210 valence electrons. The molecule has 0 bridgehead atoms. The van der Waals surface area contributed by atoms with Crippen molar-refractivity contribution in [3.05, 3.63) is 95.6 Å². The summed E-state index contributed by atoms with van der Waals surface area (Å²) in [6.45, 7) is 3.22. The van der Waals surface area contributed by atoms with Crippen LogP contribution in [0.5, 0.6) is 5.75 Å². The second-order valence-electron chi connectivity index (χ2n) is 10.4. The molecule has 1 saturated carbocycles. The molecule has 0 aliphatic heterocycles. The first-order chi connectivity index (χ1) is 19.4. The Morgan fingerprint density at radius 3 is 2.20 bits per heavy atom. The van der Waals surface area contributed by atoms with Gasteiger partial charge >= 0.3 is 12.0 Å². The lowest BCUT2D eigenvalue weighted by Crippen LogP contribution is -2.44. The van der Waals surface area contributed by atoms with Crippen LogP contribution in [0.1, 0.15) is 60.5 Å². The van der Waals surface area contributed by atoms with Gasteiger partial charge in [0.05, 0.1) is 6.42 Å². The highest BCUT2D eigenvalue weighted by atomic mass is 16.5. The molecule has 0 atom stereocenters. The smallest absolute Gasteiger partial charge is 0.322 e. The maximum absolute atomic E-state index is 13.5. The van der Waals surface area contributed by atoms with Gasteiger partial charge in [-0.2, -0.15) is 0 Å². The summed E-state index contributed by atoms with van der Waals surface area (Å²) >= 11 is 0. The first-order valence-electron chi connectivity index (χ1n) is 13.8. The third kappa shape index (κ3) is 8.59. The average molecular weight is 544 g/mol. The molecule has 0 aromatic heterocycles. The van der Waals surface area contributed by atoms with E-state index in [1.54, 1.807) is 12.1 Å². The number of carbonyl (C=O) groups excluding carboxylic acids is 2. The number of nitrogens with one attached hydrogen (secondary N) is 2. The fourth-order valence-corrected chi connectivity index (χ4v) is 4.83. The van der Waals surface area contributed by atoms with E-state index in [0.29, 0.717) is 30.3 Å². The lowest BCUT2D eigenvalue weighted by molar-refractivity contribution is -0.136. The van der Waals surface area contributed by atoms with E-state index in [1.807, 2.05) is 71.6 Å². The highest BCUT2D eigenvalue weighted by molar-refractivity contribution is 5.94. The molecule has 3 aromatic rings. The summed E-state index contributed by atoms with van der Waals surface area (Å²) in [6, 6.07) is 24.4. The van der Waals surface area contributed by atoms with E-state index in [9.17, 15) is 14.4 Å². The summed E-state index contributed by atoms with van der Waals surface area (Å²) in [5.41, 5.74) is 3.15. The summed E-state index contributed by atoms with van der Waals surface area (Å²) < 4.78 is 5.86. The van der Waals surface area contributed by atoms with Crippen LogP contribution in [0.2, 0.25) is 0 Å². The number of carbonyl (C=O) groups is 3. The van der Waals surface area contributed by atoms with Gasteiger partial charge in [0.1, 0.15) is 12.4 Å². The molecule has 0 spiro atoms. The van der Waals surface area contributed by atoms with Crippen LogP contribution >= 0.6 is 0 Å². The summed E-state index contributed by atoms with van der Waals surface area (Å²) in [5, 5.41) is 14.4. The van der Waals surface area contributed by atoms with Gasteiger partial charge in [0.15, 0.2) is 0 Å². The molecular formula is C32H37N3O5. The summed E-state index contributed by atoms with van der Waals surface area (Å²) in [4.78, 5) is 38.4. The zero-order chi connectivity index (χ0) is 28.3. The Morgan fingerprint density at radius 1 is 0.875 bits per heavy atom. The number of anilines is 1. The average Bonchev–Trinajstić information content (AvgIpc) is 2.96. The van der Waals surface area contributed by atoms with Gasteiger partial charge in [-0.1, -0.05) is 49.4 Å². The van der Waals surface area contributed by atoms with E-state index in [2.05, 4.69) is 17.6 Å². The van der Waals surface area contributed by atoms with Gasteiger partial charge in [-0.3, -0.25) is 9.59 Å². The van der Waals surface area contributed by atoms with Crippen molar-refractivity contribution in [2.75, 3.05) is 11.9 Å². The van der Waals surface area contributed by atoms with E-state index in [1.165, 1.54) is 0 Å². The molecule has 0 unspecified atom stereocenters. The van der Waals surface area contributed by atoms with E-state index in [0.717, 1.165) is 42.6 Å². The van der Waals surface area contributed by atoms with E-state index < -0.39 is 5.97 Å². The fourth-order valence-electron chi connectivity index (χ4n) is 4.83. The lowest BCUT2D eigenvalue weighted by Gasteiger charge is -2.36. The molecule has 8 nitrogen and oxygen atoms in total. The monoisotopic (exact) mass is 543 g/mol. The van der Waals surface area contributed by atoms with Crippen LogP contribution in [0.3, 0.4) is 0 Å². The first kappa shape index (κ1) is 28.7. The Morgan fingerprint density at radius 2 is 1.55 bits per heavy atom. The van der Waals surface area contributed by atoms with Crippen molar-refractivity contribution in [1.82, 2.24) is 10.2 Å². The SMILES string of the molecule is CC1CCC(N(Cc2ccc(C(=O)NCCC(=O)O)cc2)C(=O)Nc2ccc(OCc3ccccc3)cc2)CC1. The minimum absolute atomic E-state index is 0.0735. The Labute approximate surface area is 235 Å². The molecule has 1 fully saturated rings. The third-order valence-corrected chi connectivity index (χ3v) is 7.23. The van der Waals surface area contributed by atoms with Crippen LogP contribution in [0, 0.1) is 5.92 Å². The standard InChI is InChI=1S/C32H37N3O5/c1-23-7-15-28(16-8-23)35(21-24-9-11-26(12-10-24)31(38)33-20-19-30(36)37)32(39)34-27-13-17-29(18-14-27)40-22-25-5-3-2-4-6-25/h2-6,9-14,17-18,23,28H,7-8,15-16,19-22H2,1H3,(H,33,38)(H,34,39)(H,36,37). The maximum Gasteiger partial charge on any atom is 0.322 e. The van der Waals surface area contributed by atoms with Crippen LogP contribution < -0.4 is 15.4 Å². The number of nitrogens with zero attached hydrogens (tertiary/aromatic N) is 1. The first-order valence-corrected chi connectivity index (χ1v) is 13.8. The van der Waals surface area contributed by atoms with Crippen molar-refractivity contribution in [1.29, 1.82) is 0 Å². The largest absolute Gasteiger partial charge is 0.489 e. The number of carboxylic acids is 1. The molecule has 1 aliphatic rings. The predicted octanol–water partition coefficient (Wildman–Crippen LogP) is 6.08. The summed E-state index contributed by atoms with van der Waals surface area (Å²) in [6.07, 6.45) is 3.93. The molecule has 0 heterocycles. The number of hydrogen-bond donors (Lipinski definition) is 3. The van der Waals surface area contributed by atoms with Crippen molar-refractivity contribution < 1.29 is 24.2 Å². The van der Waals surface area contributed by atoms with Crippen LogP contribution in [-0.2, 0) is 17.9 Å². The molecule has 0 radical (unpaired) electrons. The maximum atomic E-state index is 13.5. The van der Waals surface area contributed by atoms with Gasteiger partial charge in [-0.25, -0.2) is 4.79 Å². The van der Waals surface area contributed by atoms with Gasteiger partial charge in [-0.15, -0.1) is 0 Å². The Kier molecular flexibility index (Phi) is 10.2. The summed E-state index contributed by atoms with van der Waals surface area (Å²) in [5.74, 6) is 0.105. The molecule has 3 aromatic carbocycles. The number of urea groups is 1. The van der Waals surface area contributed by atoms with E-state index >= 15 is 0 Å². The number of benzene rings is 3. The Hall–Kier alpha value is -4.33. The summed E-state index contributed by atoms with van der Waals surface area (Å²) in [7, 11) is 0. The molecule has 40 heavy (non-hydrogen) atoms. The highest BCUT2D eigenvalue weighted by Gasteiger charge is 2.28. The van der Waals surface area contributed by atoms with Crippen LogP contribution in [0.25, 0.3) is 0 Å². The minimum Gasteiger partial charge on any atom is -0.489 e. The van der Waals surface area contributed by atoms with Crippen molar-refractivity contribution in [3.63, 3.8) is 0 Å². The number of rotatable bonds is 11. The molecule has 0 saturated heterocycles. The Balaban J connectivity index is 1.38.